The first kappa shape index (κ1) is 13.7. The molecule has 0 bridgehead atoms. The van der Waals surface area contributed by atoms with Gasteiger partial charge in [-0.3, -0.25) is 4.57 Å². The predicted molar refractivity (Wildman–Crippen MR) is 71.4 cm³/mol. The molecule has 0 aromatic carbocycles. The van der Waals surface area contributed by atoms with Crippen LogP contribution in [-0.4, -0.2) is 24.6 Å². The minimum absolute atomic E-state index is 0.196. The highest BCUT2D eigenvalue weighted by Crippen LogP contribution is 2.34. The van der Waals surface area contributed by atoms with Gasteiger partial charge in [0.25, 0.3) is 0 Å². The molecule has 2 N–H and O–H groups in total. The van der Waals surface area contributed by atoms with Crippen LogP contribution >= 0.6 is 0 Å². The van der Waals surface area contributed by atoms with Crippen LogP contribution in [0.3, 0.4) is 0 Å². The topological polar surface area (TPSA) is 126 Å². The fourth-order valence-electron chi connectivity index (χ4n) is 2.64. The van der Waals surface area contributed by atoms with E-state index in [2.05, 4.69) is 15.1 Å². The standard InChI is InChI=1S/C12H16N6O3/c1-8-14-9(18(19)20)6-17(8)7-10-15-11(16-21-10)12(13)4-2-3-5-12/h6H,2-5,7,13H2,1H3. The number of aryl methyl sites for hydroxylation is 1. The van der Waals surface area contributed by atoms with Gasteiger partial charge in [-0.25, -0.2) is 0 Å². The van der Waals surface area contributed by atoms with Gasteiger partial charge >= 0.3 is 5.82 Å². The van der Waals surface area contributed by atoms with Gasteiger partial charge in [-0.1, -0.05) is 18.0 Å². The summed E-state index contributed by atoms with van der Waals surface area (Å²) in [6.45, 7) is 1.93. The van der Waals surface area contributed by atoms with Crippen molar-refractivity contribution in [2.24, 2.45) is 5.73 Å². The van der Waals surface area contributed by atoms with Crippen molar-refractivity contribution in [3.05, 3.63) is 33.9 Å². The van der Waals surface area contributed by atoms with Gasteiger partial charge in [0.15, 0.2) is 5.82 Å². The van der Waals surface area contributed by atoms with Crippen LogP contribution in [0.25, 0.3) is 0 Å². The lowest BCUT2D eigenvalue weighted by Crippen LogP contribution is -2.34. The van der Waals surface area contributed by atoms with Gasteiger partial charge in [0.1, 0.15) is 12.7 Å². The van der Waals surface area contributed by atoms with E-state index in [1.165, 1.54) is 6.20 Å². The minimum atomic E-state index is -0.532. The highest BCUT2D eigenvalue weighted by atomic mass is 16.6. The second-order valence-electron chi connectivity index (χ2n) is 5.41. The number of hydrogen-bond donors (Lipinski definition) is 1. The van der Waals surface area contributed by atoms with E-state index >= 15 is 0 Å². The van der Waals surface area contributed by atoms with Crippen LogP contribution in [0.1, 0.15) is 43.2 Å². The first-order valence-corrected chi connectivity index (χ1v) is 6.78. The number of nitro groups is 1. The highest BCUT2D eigenvalue weighted by Gasteiger charge is 2.36. The molecule has 0 amide bonds. The molecule has 1 aliphatic rings. The average molecular weight is 292 g/mol. The van der Waals surface area contributed by atoms with Crippen molar-refractivity contribution in [2.75, 3.05) is 0 Å². The molecule has 1 fully saturated rings. The SMILES string of the molecule is Cc1nc([N+](=O)[O-])cn1Cc1nc(C2(N)CCCC2)no1. The first-order chi connectivity index (χ1) is 9.98. The summed E-state index contributed by atoms with van der Waals surface area (Å²) >= 11 is 0. The second-order valence-corrected chi connectivity index (χ2v) is 5.41. The average Bonchev–Trinajstić information content (AvgIpc) is 3.12. The first-order valence-electron chi connectivity index (χ1n) is 6.78. The van der Waals surface area contributed by atoms with Gasteiger partial charge in [0, 0.05) is 6.92 Å². The summed E-state index contributed by atoms with van der Waals surface area (Å²) in [5, 5.41) is 14.7. The normalized spacial score (nSPS) is 17.2. The van der Waals surface area contributed by atoms with Crippen molar-refractivity contribution in [1.29, 1.82) is 0 Å². The summed E-state index contributed by atoms with van der Waals surface area (Å²) in [5.41, 5.74) is 5.77. The molecule has 0 unspecified atom stereocenters. The van der Waals surface area contributed by atoms with Crippen LogP contribution in [0.15, 0.2) is 10.7 Å². The Hall–Kier alpha value is -2.29. The summed E-state index contributed by atoms with van der Waals surface area (Å²) < 4.78 is 6.82. The van der Waals surface area contributed by atoms with Gasteiger partial charge in [-0.2, -0.15) is 4.98 Å². The van der Waals surface area contributed by atoms with Crippen molar-refractivity contribution in [3.63, 3.8) is 0 Å². The Morgan fingerprint density at radius 1 is 1.48 bits per heavy atom. The summed E-state index contributed by atoms with van der Waals surface area (Å²) in [6.07, 6.45) is 5.18. The van der Waals surface area contributed by atoms with Crippen LogP contribution in [0, 0.1) is 17.0 Å². The molecule has 1 aliphatic carbocycles. The van der Waals surface area contributed by atoms with E-state index in [1.54, 1.807) is 11.5 Å². The number of nitrogens with zero attached hydrogens (tertiary/aromatic N) is 5. The zero-order valence-electron chi connectivity index (χ0n) is 11.7. The molecule has 0 spiro atoms. The molecule has 0 saturated heterocycles. The number of rotatable bonds is 4. The molecular formula is C12H16N6O3. The molecule has 2 aromatic heterocycles. The van der Waals surface area contributed by atoms with Crippen LogP contribution in [0.4, 0.5) is 5.82 Å². The summed E-state index contributed by atoms with van der Waals surface area (Å²) in [6, 6.07) is 0. The molecule has 0 radical (unpaired) electrons. The Morgan fingerprint density at radius 2 is 2.19 bits per heavy atom. The third-order valence-corrected chi connectivity index (χ3v) is 3.87. The Labute approximate surface area is 120 Å². The number of nitrogens with two attached hydrogens (primary N) is 1. The Morgan fingerprint density at radius 3 is 2.81 bits per heavy atom. The van der Waals surface area contributed by atoms with E-state index in [1.807, 2.05) is 0 Å². The Bertz CT molecular complexity index is 670. The number of imidazole rings is 1. The molecule has 3 rings (SSSR count). The lowest BCUT2D eigenvalue weighted by atomic mass is 9.99. The van der Waals surface area contributed by atoms with Crippen LogP contribution < -0.4 is 5.73 Å². The molecule has 2 heterocycles. The van der Waals surface area contributed by atoms with E-state index in [-0.39, 0.29) is 12.4 Å². The fourth-order valence-corrected chi connectivity index (χ4v) is 2.64. The van der Waals surface area contributed by atoms with E-state index in [0.717, 1.165) is 25.7 Å². The van der Waals surface area contributed by atoms with Gasteiger partial charge in [-0.15, -0.1) is 0 Å². The molecule has 9 nitrogen and oxygen atoms in total. The molecular weight excluding hydrogens is 276 g/mol. The maximum Gasteiger partial charge on any atom is 0.381 e. The molecule has 0 atom stereocenters. The second kappa shape index (κ2) is 4.92. The molecule has 1 saturated carbocycles. The van der Waals surface area contributed by atoms with E-state index < -0.39 is 10.5 Å². The van der Waals surface area contributed by atoms with Gasteiger partial charge in [0.05, 0.1) is 5.54 Å². The molecule has 9 heteroatoms. The quantitative estimate of drug-likeness (QED) is 0.663. The van der Waals surface area contributed by atoms with Crippen molar-refractivity contribution in [1.82, 2.24) is 19.7 Å². The van der Waals surface area contributed by atoms with E-state index in [4.69, 9.17) is 10.3 Å². The zero-order chi connectivity index (χ0) is 15.0. The summed E-state index contributed by atoms with van der Waals surface area (Å²) in [4.78, 5) is 18.4. The fraction of sp³-hybridized carbons (Fsp3) is 0.583. The van der Waals surface area contributed by atoms with Gasteiger partial charge in [0.2, 0.25) is 11.7 Å². The highest BCUT2D eigenvalue weighted by molar-refractivity contribution is 5.17. The summed E-state index contributed by atoms with van der Waals surface area (Å²) in [5.74, 6) is 1.21. The largest absolute Gasteiger partial charge is 0.381 e. The van der Waals surface area contributed by atoms with Crippen molar-refractivity contribution < 1.29 is 9.45 Å². The van der Waals surface area contributed by atoms with Crippen molar-refractivity contribution >= 4 is 5.82 Å². The molecule has 2 aromatic rings. The molecule has 21 heavy (non-hydrogen) atoms. The third kappa shape index (κ3) is 2.51. The third-order valence-electron chi connectivity index (χ3n) is 3.87. The van der Waals surface area contributed by atoms with Crippen LogP contribution in [0.5, 0.6) is 0 Å². The van der Waals surface area contributed by atoms with E-state index in [9.17, 15) is 10.1 Å². The van der Waals surface area contributed by atoms with Gasteiger partial charge < -0.3 is 20.4 Å². The minimum Gasteiger partial charge on any atom is -0.358 e. The van der Waals surface area contributed by atoms with E-state index in [0.29, 0.717) is 17.5 Å². The zero-order valence-corrected chi connectivity index (χ0v) is 11.7. The van der Waals surface area contributed by atoms with Crippen LogP contribution in [0.2, 0.25) is 0 Å². The predicted octanol–water partition coefficient (Wildman–Crippen LogP) is 1.26. The lowest BCUT2D eigenvalue weighted by Gasteiger charge is -2.17. The van der Waals surface area contributed by atoms with Crippen molar-refractivity contribution in [2.45, 2.75) is 44.7 Å². The smallest absolute Gasteiger partial charge is 0.358 e. The van der Waals surface area contributed by atoms with Gasteiger partial charge in [-0.05, 0) is 22.7 Å². The maximum absolute atomic E-state index is 10.7. The lowest BCUT2D eigenvalue weighted by molar-refractivity contribution is -0.389. The monoisotopic (exact) mass is 292 g/mol. The Kier molecular flexibility index (Phi) is 3.20. The van der Waals surface area contributed by atoms with Crippen LogP contribution in [-0.2, 0) is 12.1 Å². The summed E-state index contributed by atoms with van der Waals surface area (Å²) in [7, 11) is 0. The number of aromatic nitrogens is 4. The molecule has 112 valence electrons. The number of hydrogen-bond acceptors (Lipinski definition) is 7. The Balaban J connectivity index is 1.80. The maximum atomic E-state index is 10.7. The molecule has 0 aliphatic heterocycles. The van der Waals surface area contributed by atoms with Crippen molar-refractivity contribution in [3.8, 4) is 0 Å².